The molecule has 5 atom stereocenters. The van der Waals surface area contributed by atoms with E-state index in [1.54, 1.807) is 0 Å². The normalized spacial score (nSPS) is 29.3. The van der Waals surface area contributed by atoms with Gasteiger partial charge in [0.15, 0.2) is 0 Å². The molecule has 0 radical (unpaired) electrons. The van der Waals surface area contributed by atoms with Gasteiger partial charge in [0, 0.05) is 6.04 Å². The fourth-order valence-corrected chi connectivity index (χ4v) is 3.85. The van der Waals surface area contributed by atoms with Gasteiger partial charge in [-0.2, -0.15) is 0 Å². The van der Waals surface area contributed by atoms with Gasteiger partial charge in [-0.3, -0.25) is 5.32 Å². The molecule has 1 aromatic rings. The van der Waals surface area contributed by atoms with E-state index in [0.717, 1.165) is 11.5 Å². The van der Waals surface area contributed by atoms with E-state index >= 15 is 0 Å². The molecule has 0 spiro atoms. The Morgan fingerprint density at radius 1 is 1.24 bits per heavy atom. The number of nitrogens with one attached hydrogen (secondary N) is 1. The minimum Gasteiger partial charge on any atom is -0.468 e. The molecule has 5 unspecified atom stereocenters. The largest absolute Gasteiger partial charge is 0.468 e. The summed E-state index contributed by atoms with van der Waals surface area (Å²) in [5.74, 6) is 1.83. The number of carbonyl (C=O) groups excluding carboxylic acids is 1. The third-order valence-electron chi connectivity index (χ3n) is 4.97. The number of allylic oxidation sites excluding steroid dienone is 2. The van der Waals surface area contributed by atoms with Crippen LogP contribution in [0.15, 0.2) is 42.5 Å². The number of esters is 1. The van der Waals surface area contributed by atoms with Crippen LogP contribution in [0.3, 0.4) is 0 Å². The quantitative estimate of drug-likeness (QED) is 0.667. The summed E-state index contributed by atoms with van der Waals surface area (Å²) in [6.07, 6.45) is 7.22. The standard InChI is InChI=1S/C18H23NO2/c1-12(16-11-13-8-9-15(16)10-13)19-17(18(20)21-2)14-6-4-3-5-7-14/h3-9,12-13,15-17,19H,10-11H2,1-2H3. The van der Waals surface area contributed by atoms with Gasteiger partial charge < -0.3 is 4.74 Å². The Labute approximate surface area is 126 Å². The topological polar surface area (TPSA) is 38.3 Å². The third kappa shape index (κ3) is 2.88. The second kappa shape index (κ2) is 6.02. The van der Waals surface area contributed by atoms with E-state index in [2.05, 4.69) is 24.4 Å². The van der Waals surface area contributed by atoms with Crippen LogP contribution in [-0.4, -0.2) is 19.1 Å². The zero-order valence-corrected chi connectivity index (χ0v) is 12.7. The molecule has 3 rings (SSSR count). The van der Waals surface area contributed by atoms with Gasteiger partial charge in [0.2, 0.25) is 0 Å². The van der Waals surface area contributed by atoms with Gasteiger partial charge in [-0.15, -0.1) is 0 Å². The number of ether oxygens (including phenoxy) is 1. The van der Waals surface area contributed by atoms with Crippen LogP contribution in [-0.2, 0) is 9.53 Å². The van der Waals surface area contributed by atoms with Crippen LogP contribution >= 0.6 is 0 Å². The van der Waals surface area contributed by atoms with Gasteiger partial charge in [-0.25, -0.2) is 4.79 Å². The minimum atomic E-state index is -0.380. The van der Waals surface area contributed by atoms with Crippen molar-refractivity contribution in [1.29, 1.82) is 0 Å². The lowest BCUT2D eigenvalue weighted by Crippen LogP contribution is -2.41. The maximum atomic E-state index is 12.1. The van der Waals surface area contributed by atoms with E-state index in [9.17, 15) is 4.79 Å². The first kappa shape index (κ1) is 14.3. The summed E-state index contributed by atoms with van der Waals surface area (Å²) in [4.78, 5) is 12.1. The average Bonchev–Trinajstić information content (AvgIpc) is 3.15. The molecule has 1 aromatic carbocycles. The van der Waals surface area contributed by atoms with Crippen molar-refractivity contribution < 1.29 is 9.53 Å². The van der Waals surface area contributed by atoms with Crippen molar-refractivity contribution in [1.82, 2.24) is 5.32 Å². The second-order valence-corrected chi connectivity index (χ2v) is 6.27. The highest BCUT2D eigenvalue weighted by atomic mass is 16.5. The average molecular weight is 285 g/mol. The van der Waals surface area contributed by atoms with Crippen LogP contribution in [0.4, 0.5) is 0 Å². The molecule has 2 aliphatic rings. The van der Waals surface area contributed by atoms with E-state index < -0.39 is 0 Å². The number of carbonyl (C=O) groups is 1. The van der Waals surface area contributed by atoms with Crippen molar-refractivity contribution in [3.05, 3.63) is 48.0 Å². The predicted octanol–water partition coefficient (Wildman–Crippen LogP) is 3.09. The van der Waals surface area contributed by atoms with Crippen molar-refractivity contribution >= 4 is 5.97 Å². The summed E-state index contributed by atoms with van der Waals surface area (Å²) in [7, 11) is 1.45. The van der Waals surface area contributed by atoms with Crippen LogP contribution in [0, 0.1) is 17.8 Å². The lowest BCUT2D eigenvalue weighted by Gasteiger charge is -2.29. The van der Waals surface area contributed by atoms with Crippen molar-refractivity contribution in [2.45, 2.75) is 31.8 Å². The maximum absolute atomic E-state index is 12.1. The highest BCUT2D eigenvalue weighted by molar-refractivity contribution is 5.77. The molecule has 112 valence electrons. The van der Waals surface area contributed by atoms with Gasteiger partial charge in [0.05, 0.1) is 7.11 Å². The summed E-state index contributed by atoms with van der Waals surface area (Å²) < 4.78 is 4.98. The zero-order chi connectivity index (χ0) is 14.8. The number of methoxy groups -OCH3 is 1. The van der Waals surface area contributed by atoms with Gasteiger partial charge in [0.25, 0.3) is 0 Å². The van der Waals surface area contributed by atoms with Crippen LogP contribution in [0.1, 0.15) is 31.4 Å². The Morgan fingerprint density at radius 2 is 2.00 bits per heavy atom. The highest BCUT2D eigenvalue weighted by Crippen LogP contribution is 2.45. The Kier molecular flexibility index (Phi) is 4.11. The zero-order valence-electron chi connectivity index (χ0n) is 12.7. The Balaban J connectivity index is 1.72. The predicted molar refractivity (Wildman–Crippen MR) is 82.6 cm³/mol. The second-order valence-electron chi connectivity index (χ2n) is 6.27. The van der Waals surface area contributed by atoms with Gasteiger partial charge >= 0.3 is 5.97 Å². The SMILES string of the molecule is COC(=O)C(NC(C)C1CC2C=CC1C2)c1ccccc1. The molecule has 3 nitrogen and oxygen atoms in total. The number of rotatable bonds is 5. The van der Waals surface area contributed by atoms with Crippen molar-refractivity contribution in [2.24, 2.45) is 17.8 Å². The molecular formula is C18H23NO2. The summed E-state index contributed by atoms with van der Waals surface area (Å²) in [6.45, 7) is 2.19. The first-order chi connectivity index (χ1) is 10.2. The molecule has 0 aromatic heterocycles. The highest BCUT2D eigenvalue weighted by Gasteiger charge is 2.39. The summed E-state index contributed by atoms with van der Waals surface area (Å²) in [6, 6.07) is 9.74. The van der Waals surface area contributed by atoms with Crippen LogP contribution < -0.4 is 5.32 Å². The number of benzene rings is 1. The first-order valence-corrected chi connectivity index (χ1v) is 7.76. The molecule has 1 saturated carbocycles. The van der Waals surface area contributed by atoms with E-state index in [1.807, 2.05) is 30.3 Å². The first-order valence-electron chi connectivity index (χ1n) is 7.76. The molecular weight excluding hydrogens is 262 g/mol. The maximum Gasteiger partial charge on any atom is 0.327 e. The summed E-state index contributed by atoms with van der Waals surface area (Å²) in [5, 5.41) is 3.50. The lowest BCUT2D eigenvalue weighted by atomic mass is 9.87. The Bertz CT molecular complexity index is 525. The molecule has 3 heteroatoms. The van der Waals surface area contributed by atoms with Crippen molar-refractivity contribution in [3.63, 3.8) is 0 Å². The molecule has 2 aliphatic carbocycles. The van der Waals surface area contributed by atoms with Crippen LogP contribution in [0.2, 0.25) is 0 Å². The fraction of sp³-hybridized carbons (Fsp3) is 0.500. The Hall–Kier alpha value is -1.61. The molecule has 1 N–H and O–H groups in total. The molecule has 0 saturated heterocycles. The van der Waals surface area contributed by atoms with E-state index in [4.69, 9.17) is 4.74 Å². The van der Waals surface area contributed by atoms with Crippen molar-refractivity contribution in [2.75, 3.05) is 7.11 Å². The molecule has 21 heavy (non-hydrogen) atoms. The minimum absolute atomic E-state index is 0.216. The van der Waals surface area contributed by atoms with Crippen LogP contribution in [0.5, 0.6) is 0 Å². The smallest absolute Gasteiger partial charge is 0.327 e. The molecule has 0 heterocycles. The van der Waals surface area contributed by atoms with Gasteiger partial charge in [-0.05, 0) is 43.1 Å². The van der Waals surface area contributed by atoms with Gasteiger partial charge in [0.1, 0.15) is 6.04 Å². The number of hydrogen-bond donors (Lipinski definition) is 1. The summed E-state index contributed by atoms with van der Waals surface area (Å²) >= 11 is 0. The van der Waals surface area contributed by atoms with Crippen LogP contribution in [0.25, 0.3) is 0 Å². The van der Waals surface area contributed by atoms with E-state index in [1.165, 1.54) is 20.0 Å². The van der Waals surface area contributed by atoms with Gasteiger partial charge in [-0.1, -0.05) is 42.5 Å². The van der Waals surface area contributed by atoms with E-state index in [-0.39, 0.29) is 12.0 Å². The molecule has 2 bridgehead atoms. The fourth-order valence-electron chi connectivity index (χ4n) is 3.85. The summed E-state index contributed by atoms with van der Waals surface area (Å²) in [5.41, 5.74) is 0.967. The number of hydrogen-bond acceptors (Lipinski definition) is 3. The molecule has 1 fully saturated rings. The molecule has 0 amide bonds. The Morgan fingerprint density at radius 3 is 2.57 bits per heavy atom. The lowest BCUT2D eigenvalue weighted by molar-refractivity contribution is -0.143. The van der Waals surface area contributed by atoms with E-state index in [0.29, 0.717) is 17.9 Å². The van der Waals surface area contributed by atoms with Crippen molar-refractivity contribution in [3.8, 4) is 0 Å². The molecule has 0 aliphatic heterocycles. The monoisotopic (exact) mass is 285 g/mol. The number of fused-ring (bicyclic) bond motifs is 2. The third-order valence-corrected chi connectivity index (χ3v) is 4.97.